The van der Waals surface area contributed by atoms with Crippen LogP contribution in [-0.2, 0) is 7.05 Å². The lowest BCUT2D eigenvalue weighted by molar-refractivity contribution is 0.977. The monoisotopic (exact) mass is 274 g/mol. The third kappa shape index (κ3) is 1.33. The van der Waals surface area contributed by atoms with Gasteiger partial charge in [0, 0.05) is 24.8 Å². The molecule has 0 amide bonds. The number of rotatable bonds is 0. The summed E-state index contributed by atoms with van der Waals surface area (Å²) in [5.74, 6) is 0. The lowest BCUT2D eigenvalue weighted by Crippen LogP contribution is -2.15. The Morgan fingerprint density at radius 2 is 1.90 bits per heavy atom. The van der Waals surface area contributed by atoms with E-state index in [9.17, 15) is 10.1 Å². The van der Waals surface area contributed by atoms with Gasteiger partial charge >= 0.3 is 0 Å². The van der Waals surface area contributed by atoms with Gasteiger partial charge in [0.05, 0.1) is 16.4 Å². The molecular formula is C16H10N4O. The van der Waals surface area contributed by atoms with Gasteiger partial charge in [0.2, 0.25) is 0 Å². The molecule has 1 aromatic carbocycles. The van der Waals surface area contributed by atoms with Crippen LogP contribution in [0.2, 0.25) is 0 Å². The highest BCUT2D eigenvalue weighted by Crippen LogP contribution is 2.24. The van der Waals surface area contributed by atoms with E-state index in [0.29, 0.717) is 22.0 Å². The van der Waals surface area contributed by atoms with Crippen LogP contribution in [0, 0.1) is 11.3 Å². The molecule has 5 nitrogen and oxygen atoms in total. The summed E-state index contributed by atoms with van der Waals surface area (Å²) in [6.07, 6.45) is 3.15. The van der Waals surface area contributed by atoms with E-state index in [2.05, 4.69) is 11.1 Å². The number of fused-ring (bicyclic) bond motifs is 4. The number of aryl methyl sites for hydroxylation is 1. The van der Waals surface area contributed by atoms with Crippen molar-refractivity contribution in [3.63, 3.8) is 0 Å². The molecule has 4 aromatic rings. The van der Waals surface area contributed by atoms with Gasteiger partial charge in [-0.25, -0.2) is 0 Å². The van der Waals surface area contributed by atoms with Crippen molar-refractivity contribution in [2.45, 2.75) is 0 Å². The molecule has 0 bridgehead atoms. The van der Waals surface area contributed by atoms with Gasteiger partial charge < -0.3 is 4.57 Å². The van der Waals surface area contributed by atoms with Crippen molar-refractivity contribution >= 4 is 27.5 Å². The molecule has 0 aliphatic heterocycles. The summed E-state index contributed by atoms with van der Waals surface area (Å²) in [6.45, 7) is 0. The number of hydrogen-bond donors (Lipinski definition) is 0. The Labute approximate surface area is 119 Å². The van der Waals surface area contributed by atoms with E-state index in [-0.39, 0.29) is 5.56 Å². The Balaban J connectivity index is 2.50. The molecule has 5 heteroatoms. The number of nitriles is 1. The molecule has 4 rings (SSSR count). The van der Waals surface area contributed by atoms with Gasteiger partial charge in [0.1, 0.15) is 17.3 Å². The lowest BCUT2D eigenvalue weighted by atomic mass is 10.1. The third-order valence-electron chi connectivity index (χ3n) is 3.87. The summed E-state index contributed by atoms with van der Waals surface area (Å²) in [4.78, 5) is 16.8. The van der Waals surface area contributed by atoms with Gasteiger partial charge in [-0.3, -0.25) is 14.2 Å². The van der Waals surface area contributed by atoms with E-state index < -0.39 is 0 Å². The number of para-hydroxylation sites is 2. The predicted molar refractivity (Wildman–Crippen MR) is 80.2 cm³/mol. The van der Waals surface area contributed by atoms with Crippen LogP contribution in [0.1, 0.15) is 5.56 Å². The zero-order valence-electron chi connectivity index (χ0n) is 11.2. The largest absolute Gasteiger partial charge is 0.328 e. The standard InChI is InChI=1S/C16H10N4O/c1-19-13-4-2-3-5-14(13)20-15(19)11(8-17)12-9-18-7-6-10(12)16(20)21/h2-7,9H,1H3. The van der Waals surface area contributed by atoms with Gasteiger partial charge in [-0.15, -0.1) is 0 Å². The number of imidazole rings is 1. The highest BCUT2D eigenvalue weighted by molar-refractivity contribution is 5.95. The highest BCUT2D eigenvalue weighted by atomic mass is 16.1. The molecule has 0 spiro atoms. The molecule has 3 aromatic heterocycles. The van der Waals surface area contributed by atoms with Crippen LogP contribution in [0.4, 0.5) is 0 Å². The van der Waals surface area contributed by atoms with Gasteiger partial charge in [-0.2, -0.15) is 5.26 Å². The number of benzene rings is 1. The first kappa shape index (κ1) is 11.7. The van der Waals surface area contributed by atoms with E-state index in [1.165, 1.54) is 0 Å². The molecule has 0 fully saturated rings. The van der Waals surface area contributed by atoms with E-state index in [4.69, 9.17) is 0 Å². The van der Waals surface area contributed by atoms with Crippen molar-refractivity contribution in [1.29, 1.82) is 5.26 Å². The van der Waals surface area contributed by atoms with Crippen LogP contribution < -0.4 is 5.56 Å². The van der Waals surface area contributed by atoms with E-state index in [0.717, 1.165) is 11.0 Å². The summed E-state index contributed by atoms with van der Waals surface area (Å²) in [6, 6.07) is 11.5. The van der Waals surface area contributed by atoms with Crippen molar-refractivity contribution in [1.82, 2.24) is 14.0 Å². The number of nitrogens with zero attached hydrogens (tertiary/aromatic N) is 4. The molecule has 0 aliphatic carbocycles. The van der Waals surface area contributed by atoms with Crippen LogP contribution in [0.5, 0.6) is 0 Å². The van der Waals surface area contributed by atoms with Gasteiger partial charge in [-0.05, 0) is 18.2 Å². The minimum Gasteiger partial charge on any atom is -0.328 e. The van der Waals surface area contributed by atoms with Gasteiger partial charge in [0.25, 0.3) is 5.56 Å². The summed E-state index contributed by atoms with van der Waals surface area (Å²) < 4.78 is 3.48. The van der Waals surface area contributed by atoms with Crippen molar-refractivity contribution in [3.8, 4) is 6.07 Å². The predicted octanol–water partition coefficient (Wildman–Crippen LogP) is 2.21. The van der Waals surface area contributed by atoms with Crippen molar-refractivity contribution in [3.05, 3.63) is 58.6 Å². The summed E-state index contributed by atoms with van der Waals surface area (Å²) in [7, 11) is 1.86. The third-order valence-corrected chi connectivity index (χ3v) is 3.87. The SMILES string of the molecule is Cn1c2ccccc2n2c(=O)c3ccncc3c(C#N)c12. The lowest BCUT2D eigenvalue weighted by Gasteiger charge is -2.04. The van der Waals surface area contributed by atoms with E-state index in [1.807, 2.05) is 35.9 Å². The average molecular weight is 274 g/mol. The Morgan fingerprint density at radius 3 is 2.67 bits per heavy atom. The summed E-state index contributed by atoms with van der Waals surface area (Å²) in [5, 5.41) is 10.7. The molecule has 0 radical (unpaired) electrons. The topological polar surface area (TPSA) is 63.1 Å². The number of aromatic nitrogens is 3. The Bertz CT molecular complexity index is 1130. The number of hydrogen-bond acceptors (Lipinski definition) is 3. The summed E-state index contributed by atoms with van der Waals surface area (Å²) >= 11 is 0. The van der Waals surface area contributed by atoms with Gasteiger partial charge in [0.15, 0.2) is 0 Å². The first-order chi connectivity index (χ1) is 10.2. The maximum atomic E-state index is 12.8. The molecule has 3 heterocycles. The minimum absolute atomic E-state index is 0.127. The van der Waals surface area contributed by atoms with Crippen molar-refractivity contribution < 1.29 is 0 Å². The first-order valence-electron chi connectivity index (χ1n) is 6.50. The van der Waals surface area contributed by atoms with Crippen LogP contribution in [-0.4, -0.2) is 14.0 Å². The molecule has 0 N–H and O–H groups in total. The first-order valence-corrected chi connectivity index (χ1v) is 6.50. The number of pyridine rings is 2. The minimum atomic E-state index is -0.127. The fraction of sp³-hybridized carbons (Fsp3) is 0.0625. The van der Waals surface area contributed by atoms with Crippen LogP contribution in [0.25, 0.3) is 27.5 Å². The maximum absolute atomic E-state index is 12.8. The van der Waals surface area contributed by atoms with Gasteiger partial charge in [-0.1, -0.05) is 12.1 Å². The molecule has 21 heavy (non-hydrogen) atoms. The second kappa shape index (κ2) is 3.93. The second-order valence-corrected chi connectivity index (χ2v) is 4.92. The normalized spacial score (nSPS) is 11.2. The molecular weight excluding hydrogens is 264 g/mol. The Hall–Kier alpha value is -3.13. The fourth-order valence-electron chi connectivity index (χ4n) is 2.93. The van der Waals surface area contributed by atoms with Crippen molar-refractivity contribution in [2.24, 2.45) is 7.05 Å². The second-order valence-electron chi connectivity index (χ2n) is 4.92. The smallest absolute Gasteiger partial charge is 0.264 e. The highest BCUT2D eigenvalue weighted by Gasteiger charge is 2.17. The van der Waals surface area contributed by atoms with E-state index in [1.54, 1.807) is 22.9 Å². The molecule has 0 unspecified atom stereocenters. The van der Waals surface area contributed by atoms with Crippen molar-refractivity contribution in [2.75, 3.05) is 0 Å². The quantitative estimate of drug-likeness (QED) is 0.494. The molecule has 0 aliphatic rings. The molecule has 0 saturated heterocycles. The average Bonchev–Trinajstić information content (AvgIpc) is 2.82. The Morgan fingerprint density at radius 1 is 1.14 bits per heavy atom. The fourth-order valence-corrected chi connectivity index (χ4v) is 2.93. The maximum Gasteiger partial charge on any atom is 0.264 e. The molecule has 0 atom stereocenters. The summed E-state index contributed by atoms with van der Waals surface area (Å²) in [5.41, 5.74) is 2.66. The van der Waals surface area contributed by atoms with Crippen LogP contribution in [0.15, 0.2) is 47.5 Å². The molecule has 0 saturated carbocycles. The van der Waals surface area contributed by atoms with Crippen LogP contribution in [0.3, 0.4) is 0 Å². The van der Waals surface area contributed by atoms with Crippen LogP contribution >= 0.6 is 0 Å². The zero-order chi connectivity index (χ0) is 14.6. The zero-order valence-corrected chi connectivity index (χ0v) is 11.2. The Kier molecular flexibility index (Phi) is 2.19. The van der Waals surface area contributed by atoms with E-state index >= 15 is 0 Å². The molecule has 100 valence electrons.